The third-order valence-corrected chi connectivity index (χ3v) is 14.1. The van der Waals surface area contributed by atoms with Crippen LogP contribution in [0.3, 0.4) is 0 Å². The first-order valence-electron chi connectivity index (χ1n) is 23.9. The molecular weight excluding hydrogens is 673 g/mol. The maximum atomic E-state index is 12.4. The van der Waals surface area contributed by atoms with Crippen LogP contribution in [0.15, 0.2) is 0 Å². The lowest BCUT2D eigenvalue weighted by Gasteiger charge is -2.44. The molecule has 1 saturated carbocycles. The van der Waals surface area contributed by atoms with Crippen molar-refractivity contribution in [2.75, 3.05) is 39.6 Å². The second kappa shape index (κ2) is 28.3. The summed E-state index contributed by atoms with van der Waals surface area (Å²) < 4.78 is 22.0. The fraction of sp³-hybridized carbons (Fsp3) is 0.958. The summed E-state index contributed by atoms with van der Waals surface area (Å²) in [5.74, 6) is 3.59. The van der Waals surface area contributed by atoms with Crippen molar-refractivity contribution in [3.8, 4) is 0 Å². The van der Waals surface area contributed by atoms with E-state index >= 15 is 0 Å². The van der Waals surface area contributed by atoms with Crippen LogP contribution in [0.2, 0.25) is 0 Å². The summed E-state index contributed by atoms with van der Waals surface area (Å²) in [6.07, 6.45) is 37.7. The third-order valence-electron chi connectivity index (χ3n) is 14.1. The van der Waals surface area contributed by atoms with Gasteiger partial charge in [0.2, 0.25) is 0 Å². The summed E-state index contributed by atoms with van der Waals surface area (Å²) >= 11 is 0. The molecule has 316 valence electrons. The van der Waals surface area contributed by atoms with Crippen molar-refractivity contribution >= 4 is 11.9 Å². The standard InChI is InChI=1S/C48H88O6/c1-5-9-11-13-17-23-29-43-41(27-21-12-10-6-2)33-34-42(28-22-16-14-19-25-31-45(49)53-39-47(7-3)35-51-36-47)44(43)30-24-18-15-20-26-32-46(50)54-40-48(8-4)37-52-38-48/h41-44H,5-40H2,1-4H3. The lowest BCUT2D eigenvalue weighted by molar-refractivity contribution is -0.171. The van der Waals surface area contributed by atoms with E-state index in [0.29, 0.717) is 26.1 Å². The van der Waals surface area contributed by atoms with E-state index in [2.05, 4.69) is 27.7 Å². The van der Waals surface area contributed by atoms with Crippen molar-refractivity contribution in [2.24, 2.45) is 34.5 Å². The Kier molecular flexibility index (Phi) is 24.7. The third kappa shape index (κ3) is 18.0. The molecule has 4 unspecified atom stereocenters. The monoisotopic (exact) mass is 761 g/mol. The minimum atomic E-state index is -0.0250. The van der Waals surface area contributed by atoms with Crippen LogP contribution in [0.5, 0.6) is 0 Å². The van der Waals surface area contributed by atoms with E-state index in [9.17, 15) is 9.59 Å². The van der Waals surface area contributed by atoms with Gasteiger partial charge >= 0.3 is 11.9 Å². The summed E-state index contributed by atoms with van der Waals surface area (Å²) in [5.41, 5.74) is 0.158. The van der Waals surface area contributed by atoms with Crippen LogP contribution < -0.4 is 0 Å². The predicted molar refractivity (Wildman–Crippen MR) is 224 cm³/mol. The number of carbonyl (C=O) groups excluding carboxylic acids is 2. The number of hydrogen-bond donors (Lipinski definition) is 0. The molecule has 6 nitrogen and oxygen atoms in total. The van der Waals surface area contributed by atoms with Gasteiger partial charge in [-0.2, -0.15) is 0 Å². The van der Waals surface area contributed by atoms with Gasteiger partial charge in [0.1, 0.15) is 13.2 Å². The highest BCUT2D eigenvalue weighted by Crippen LogP contribution is 2.48. The van der Waals surface area contributed by atoms with E-state index < -0.39 is 0 Å². The van der Waals surface area contributed by atoms with Crippen LogP contribution >= 0.6 is 0 Å². The largest absolute Gasteiger partial charge is 0.465 e. The van der Waals surface area contributed by atoms with E-state index in [1.54, 1.807) is 0 Å². The molecule has 3 aliphatic rings. The quantitative estimate of drug-likeness (QED) is 0.0480. The molecule has 2 heterocycles. The highest BCUT2D eigenvalue weighted by Gasteiger charge is 2.40. The zero-order chi connectivity index (χ0) is 38.7. The molecule has 3 fully saturated rings. The Morgan fingerprint density at radius 1 is 0.463 bits per heavy atom. The number of rotatable bonds is 34. The highest BCUT2D eigenvalue weighted by atomic mass is 16.6. The maximum Gasteiger partial charge on any atom is 0.305 e. The van der Waals surface area contributed by atoms with Crippen LogP contribution in [0, 0.1) is 34.5 Å². The van der Waals surface area contributed by atoms with Crippen molar-refractivity contribution < 1.29 is 28.5 Å². The van der Waals surface area contributed by atoms with Crippen LogP contribution in [-0.4, -0.2) is 51.6 Å². The summed E-state index contributed by atoms with van der Waals surface area (Å²) in [6, 6.07) is 0. The number of esters is 2. The zero-order valence-corrected chi connectivity index (χ0v) is 36.2. The van der Waals surface area contributed by atoms with Crippen molar-refractivity contribution in [3.63, 3.8) is 0 Å². The Bertz CT molecular complexity index is 946. The molecule has 0 aromatic rings. The molecule has 0 bridgehead atoms. The van der Waals surface area contributed by atoms with Gasteiger partial charge < -0.3 is 18.9 Å². The Labute approximate surface area is 334 Å². The fourth-order valence-corrected chi connectivity index (χ4v) is 9.72. The van der Waals surface area contributed by atoms with Gasteiger partial charge in [-0.25, -0.2) is 0 Å². The number of ether oxygens (including phenoxy) is 4. The van der Waals surface area contributed by atoms with Crippen LogP contribution in [0.4, 0.5) is 0 Å². The summed E-state index contributed by atoms with van der Waals surface area (Å²) in [6.45, 7) is 13.0. The molecule has 0 spiro atoms. The minimum absolute atomic E-state index is 0.0233. The Hall–Kier alpha value is -1.14. The Morgan fingerprint density at radius 3 is 1.15 bits per heavy atom. The minimum Gasteiger partial charge on any atom is -0.465 e. The molecule has 2 aliphatic heterocycles. The van der Waals surface area contributed by atoms with Gasteiger partial charge in [-0.15, -0.1) is 0 Å². The zero-order valence-electron chi connectivity index (χ0n) is 36.2. The van der Waals surface area contributed by atoms with E-state index in [4.69, 9.17) is 18.9 Å². The van der Waals surface area contributed by atoms with Crippen LogP contribution in [-0.2, 0) is 28.5 Å². The summed E-state index contributed by atoms with van der Waals surface area (Å²) in [4.78, 5) is 24.7. The van der Waals surface area contributed by atoms with Gasteiger partial charge in [-0.1, -0.05) is 156 Å². The lowest BCUT2D eigenvalue weighted by Crippen LogP contribution is -2.46. The number of carbonyl (C=O) groups is 2. The lowest BCUT2D eigenvalue weighted by atomic mass is 9.61. The van der Waals surface area contributed by atoms with Gasteiger partial charge in [-0.05, 0) is 75.0 Å². The molecule has 6 heteroatoms. The first-order chi connectivity index (χ1) is 26.4. The summed E-state index contributed by atoms with van der Waals surface area (Å²) in [7, 11) is 0. The normalized spacial score (nSPS) is 23.0. The van der Waals surface area contributed by atoms with Gasteiger partial charge in [-0.3, -0.25) is 9.59 Å². The molecule has 4 atom stereocenters. The topological polar surface area (TPSA) is 71.1 Å². The molecule has 2 saturated heterocycles. The molecule has 54 heavy (non-hydrogen) atoms. The molecule has 0 aromatic carbocycles. The second-order valence-electron chi connectivity index (χ2n) is 18.5. The van der Waals surface area contributed by atoms with Crippen molar-refractivity contribution in [1.29, 1.82) is 0 Å². The van der Waals surface area contributed by atoms with E-state index in [-0.39, 0.29) is 22.8 Å². The smallest absolute Gasteiger partial charge is 0.305 e. The molecular formula is C48H88O6. The van der Waals surface area contributed by atoms with E-state index in [0.717, 1.165) is 88.6 Å². The maximum absolute atomic E-state index is 12.4. The van der Waals surface area contributed by atoms with Gasteiger partial charge in [0.25, 0.3) is 0 Å². The van der Waals surface area contributed by atoms with Crippen LogP contribution in [0.1, 0.15) is 220 Å². The van der Waals surface area contributed by atoms with E-state index in [1.807, 2.05) is 0 Å². The first-order valence-corrected chi connectivity index (χ1v) is 23.9. The highest BCUT2D eigenvalue weighted by molar-refractivity contribution is 5.69. The van der Waals surface area contributed by atoms with Gasteiger partial charge in [0.05, 0.1) is 37.3 Å². The van der Waals surface area contributed by atoms with Crippen molar-refractivity contribution in [3.05, 3.63) is 0 Å². The predicted octanol–water partition coefficient (Wildman–Crippen LogP) is 13.4. The van der Waals surface area contributed by atoms with Crippen molar-refractivity contribution in [1.82, 2.24) is 0 Å². The molecule has 1 aliphatic carbocycles. The number of hydrogen-bond acceptors (Lipinski definition) is 6. The SMILES string of the molecule is CCCCCCCCC1C(CCCCCC)CCC(CCCCCCCC(=O)OCC2(CC)COC2)C1CCCCCCCC(=O)OCC1(CC)COC1. The fourth-order valence-electron chi connectivity index (χ4n) is 9.72. The average Bonchev–Trinajstić information content (AvgIpc) is 3.14. The molecule has 0 amide bonds. The van der Waals surface area contributed by atoms with Gasteiger partial charge in [0.15, 0.2) is 0 Å². The second-order valence-corrected chi connectivity index (χ2v) is 18.5. The molecule has 0 radical (unpaired) electrons. The van der Waals surface area contributed by atoms with Crippen molar-refractivity contribution in [2.45, 2.75) is 220 Å². The van der Waals surface area contributed by atoms with Gasteiger partial charge in [0, 0.05) is 12.8 Å². The number of unbranched alkanes of at least 4 members (excludes halogenated alkanes) is 16. The molecule has 3 rings (SSSR count). The molecule has 0 N–H and O–H groups in total. The Morgan fingerprint density at radius 2 is 0.796 bits per heavy atom. The average molecular weight is 761 g/mol. The van der Waals surface area contributed by atoms with E-state index in [1.165, 1.54) is 141 Å². The Balaban J connectivity index is 1.43. The molecule has 0 aromatic heterocycles. The van der Waals surface area contributed by atoms with Crippen LogP contribution in [0.25, 0.3) is 0 Å². The summed E-state index contributed by atoms with van der Waals surface area (Å²) in [5, 5.41) is 0. The first kappa shape index (κ1) is 47.2.